The molecule has 0 atom stereocenters. The molecule has 0 N–H and O–H groups in total. The molecule has 5 rings (SSSR count). The van der Waals surface area contributed by atoms with Crippen LogP contribution in [0, 0.1) is 0 Å². The predicted molar refractivity (Wildman–Crippen MR) is 119 cm³/mol. The molecule has 3 aromatic rings. The lowest BCUT2D eigenvalue weighted by Gasteiger charge is -2.34. The maximum absolute atomic E-state index is 12.9. The quantitative estimate of drug-likeness (QED) is 0.678. The van der Waals surface area contributed by atoms with E-state index in [1.807, 2.05) is 11.0 Å². The minimum atomic E-state index is 0.211. The smallest absolute Gasteiger partial charge is 0.241 e. The normalized spacial score (nSPS) is 17.7. The predicted octanol–water partition coefficient (Wildman–Crippen LogP) is 3.95. The summed E-state index contributed by atoms with van der Waals surface area (Å²) in [5.74, 6) is 0.211. The van der Waals surface area contributed by atoms with Gasteiger partial charge in [-0.15, -0.1) is 0 Å². The van der Waals surface area contributed by atoms with Crippen molar-refractivity contribution in [3.63, 3.8) is 0 Å². The van der Waals surface area contributed by atoms with Gasteiger partial charge >= 0.3 is 0 Å². The van der Waals surface area contributed by atoms with Gasteiger partial charge < -0.3 is 9.47 Å². The number of carbonyl (C=O) groups excluding carboxylic acids is 1. The van der Waals surface area contributed by atoms with Crippen LogP contribution in [0.4, 0.5) is 5.69 Å². The Morgan fingerprint density at radius 2 is 1.79 bits per heavy atom. The number of fused-ring (bicyclic) bond motifs is 3. The zero-order valence-corrected chi connectivity index (χ0v) is 17.2. The molecular weight excluding hydrogens is 358 g/mol. The van der Waals surface area contributed by atoms with Crippen LogP contribution in [0.2, 0.25) is 0 Å². The van der Waals surface area contributed by atoms with Crippen LogP contribution in [0.5, 0.6) is 0 Å². The van der Waals surface area contributed by atoms with Gasteiger partial charge in [0.1, 0.15) is 0 Å². The third kappa shape index (κ3) is 3.46. The zero-order valence-electron chi connectivity index (χ0n) is 17.2. The Balaban J connectivity index is 1.31. The summed E-state index contributed by atoms with van der Waals surface area (Å²) >= 11 is 0. The number of anilines is 1. The van der Waals surface area contributed by atoms with Gasteiger partial charge in [0.05, 0.1) is 12.1 Å². The number of rotatable bonds is 4. The van der Waals surface area contributed by atoms with E-state index in [0.29, 0.717) is 6.54 Å². The van der Waals surface area contributed by atoms with Crippen LogP contribution in [0.1, 0.15) is 29.7 Å². The fraction of sp³-hybridized carbons (Fsp3) is 0.400. The van der Waals surface area contributed by atoms with Crippen molar-refractivity contribution in [2.24, 2.45) is 7.05 Å². The van der Waals surface area contributed by atoms with Crippen LogP contribution in [0.15, 0.2) is 48.5 Å². The number of amides is 1. The largest absolute Gasteiger partial charge is 0.347 e. The minimum Gasteiger partial charge on any atom is -0.347 e. The maximum Gasteiger partial charge on any atom is 0.241 e. The number of aryl methyl sites for hydroxylation is 2. The van der Waals surface area contributed by atoms with Crippen molar-refractivity contribution >= 4 is 22.5 Å². The molecule has 1 aliphatic carbocycles. The average Bonchev–Trinajstić information content (AvgIpc) is 3.05. The summed E-state index contributed by atoms with van der Waals surface area (Å²) < 4.78 is 2.36. The Kier molecular flexibility index (Phi) is 4.88. The number of hydrogen-bond donors (Lipinski definition) is 0. The molecule has 0 radical (unpaired) electrons. The number of hydrogen-bond acceptors (Lipinski definition) is 2. The van der Waals surface area contributed by atoms with Gasteiger partial charge in [-0.1, -0.05) is 36.4 Å². The second-order valence-electron chi connectivity index (χ2n) is 8.45. The van der Waals surface area contributed by atoms with E-state index >= 15 is 0 Å². The second kappa shape index (κ2) is 7.68. The molecule has 2 aliphatic rings. The molecule has 0 spiro atoms. The monoisotopic (exact) mass is 387 g/mol. The highest BCUT2D eigenvalue weighted by atomic mass is 16.2. The molecule has 1 saturated heterocycles. The molecule has 0 unspecified atom stereocenters. The van der Waals surface area contributed by atoms with E-state index in [9.17, 15) is 4.79 Å². The highest BCUT2D eigenvalue weighted by Gasteiger charge is 2.26. The van der Waals surface area contributed by atoms with E-state index in [1.54, 1.807) is 0 Å². The van der Waals surface area contributed by atoms with Crippen molar-refractivity contribution in [1.29, 1.82) is 0 Å². The second-order valence-corrected chi connectivity index (χ2v) is 8.45. The van der Waals surface area contributed by atoms with E-state index in [4.69, 9.17) is 0 Å². The molecular formula is C25H29N3O. The lowest BCUT2D eigenvalue weighted by Crippen LogP contribution is -2.50. The van der Waals surface area contributed by atoms with Gasteiger partial charge in [-0.3, -0.25) is 9.69 Å². The highest BCUT2D eigenvalue weighted by Crippen LogP contribution is 2.33. The third-order valence-corrected chi connectivity index (χ3v) is 6.68. The molecule has 1 aliphatic heterocycles. The first kappa shape index (κ1) is 18.4. The van der Waals surface area contributed by atoms with Crippen molar-refractivity contribution in [1.82, 2.24) is 9.47 Å². The fourth-order valence-corrected chi connectivity index (χ4v) is 5.03. The highest BCUT2D eigenvalue weighted by molar-refractivity contribution is 5.98. The summed E-state index contributed by atoms with van der Waals surface area (Å²) in [6, 6.07) is 17.1. The van der Waals surface area contributed by atoms with Crippen LogP contribution in [-0.2, 0) is 31.1 Å². The molecule has 1 fully saturated rings. The topological polar surface area (TPSA) is 28.5 Å². The first-order valence-corrected chi connectivity index (χ1v) is 10.9. The van der Waals surface area contributed by atoms with Gasteiger partial charge in [0, 0.05) is 43.4 Å². The summed E-state index contributed by atoms with van der Waals surface area (Å²) in [7, 11) is 2.18. The van der Waals surface area contributed by atoms with Gasteiger partial charge in [-0.05, 0) is 55.4 Å². The van der Waals surface area contributed by atoms with Crippen molar-refractivity contribution in [3.05, 3.63) is 65.4 Å². The number of benzene rings is 2. The molecule has 2 heterocycles. The van der Waals surface area contributed by atoms with Crippen molar-refractivity contribution in [2.75, 3.05) is 31.1 Å². The maximum atomic E-state index is 12.9. The SMILES string of the molecule is Cn1c2c(c3ccc(N4CCN(CCc5ccccc5)CC4=O)cc31)CCCC2. The number of piperazine rings is 1. The van der Waals surface area contributed by atoms with Gasteiger partial charge in [0.25, 0.3) is 0 Å². The first-order valence-electron chi connectivity index (χ1n) is 10.9. The van der Waals surface area contributed by atoms with E-state index in [0.717, 1.165) is 31.7 Å². The minimum absolute atomic E-state index is 0.211. The summed E-state index contributed by atoms with van der Waals surface area (Å²) in [6.07, 6.45) is 5.93. The lowest BCUT2D eigenvalue weighted by atomic mass is 9.95. The Bertz CT molecular complexity index is 1040. The Morgan fingerprint density at radius 3 is 2.62 bits per heavy atom. The first-order chi connectivity index (χ1) is 14.2. The zero-order chi connectivity index (χ0) is 19.8. The van der Waals surface area contributed by atoms with Gasteiger partial charge in [0.2, 0.25) is 5.91 Å². The Hall–Kier alpha value is -2.59. The molecule has 0 bridgehead atoms. The van der Waals surface area contributed by atoms with Crippen LogP contribution in [-0.4, -0.2) is 41.6 Å². The van der Waals surface area contributed by atoms with Crippen molar-refractivity contribution in [3.8, 4) is 0 Å². The van der Waals surface area contributed by atoms with Gasteiger partial charge in [-0.25, -0.2) is 0 Å². The summed E-state index contributed by atoms with van der Waals surface area (Å²) in [4.78, 5) is 17.2. The van der Waals surface area contributed by atoms with Crippen LogP contribution in [0.3, 0.4) is 0 Å². The van der Waals surface area contributed by atoms with Crippen LogP contribution < -0.4 is 4.90 Å². The number of carbonyl (C=O) groups is 1. The molecule has 1 amide bonds. The van der Waals surface area contributed by atoms with E-state index in [1.165, 1.54) is 53.4 Å². The summed E-state index contributed by atoms with van der Waals surface area (Å²) in [5.41, 5.74) is 6.66. The summed E-state index contributed by atoms with van der Waals surface area (Å²) in [5, 5.41) is 1.37. The van der Waals surface area contributed by atoms with E-state index in [2.05, 4.69) is 59.0 Å². The molecule has 4 heteroatoms. The van der Waals surface area contributed by atoms with Crippen molar-refractivity contribution in [2.45, 2.75) is 32.1 Å². The molecule has 29 heavy (non-hydrogen) atoms. The number of aromatic nitrogens is 1. The Morgan fingerprint density at radius 1 is 0.966 bits per heavy atom. The molecule has 2 aromatic carbocycles. The molecule has 1 aromatic heterocycles. The van der Waals surface area contributed by atoms with Crippen molar-refractivity contribution < 1.29 is 4.79 Å². The van der Waals surface area contributed by atoms with Gasteiger partial charge in [0.15, 0.2) is 0 Å². The third-order valence-electron chi connectivity index (χ3n) is 6.68. The van der Waals surface area contributed by atoms with Crippen LogP contribution in [0.25, 0.3) is 10.9 Å². The molecule has 0 saturated carbocycles. The average molecular weight is 388 g/mol. The summed E-state index contributed by atoms with van der Waals surface area (Å²) in [6.45, 7) is 3.14. The lowest BCUT2D eigenvalue weighted by molar-refractivity contribution is -0.121. The molecule has 150 valence electrons. The fourth-order valence-electron chi connectivity index (χ4n) is 5.03. The van der Waals surface area contributed by atoms with Crippen LogP contribution >= 0.6 is 0 Å². The number of nitrogens with zero attached hydrogens (tertiary/aromatic N) is 3. The van der Waals surface area contributed by atoms with E-state index < -0.39 is 0 Å². The Labute approximate surface area is 172 Å². The van der Waals surface area contributed by atoms with Gasteiger partial charge in [-0.2, -0.15) is 0 Å². The molecule has 4 nitrogen and oxygen atoms in total. The standard InChI is InChI=1S/C25H29N3O/c1-26-23-10-6-5-9-21(23)22-12-11-20(17-24(22)26)28-16-15-27(18-25(28)29)14-13-19-7-3-2-4-8-19/h2-4,7-8,11-12,17H,5-6,9-10,13-16,18H2,1H3. The van der Waals surface area contributed by atoms with E-state index in [-0.39, 0.29) is 5.91 Å².